The van der Waals surface area contributed by atoms with Gasteiger partial charge in [0.05, 0.1) is 5.69 Å². The van der Waals surface area contributed by atoms with E-state index in [1.54, 1.807) is 6.07 Å². The molecule has 1 heterocycles. The van der Waals surface area contributed by atoms with Gasteiger partial charge in [0.2, 0.25) is 0 Å². The van der Waals surface area contributed by atoms with Crippen LogP contribution in [0.15, 0.2) is 30.3 Å². The Bertz CT molecular complexity index is 584. The molecule has 2 N–H and O–H groups in total. The number of hydrogen-bond donors (Lipinski definition) is 1. The van der Waals surface area contributed by atoms with Crippen molar-refractivity contribution < 1.29 is 9.13 Å². The topological polar surface area (TPSA) is 48.1 Å². The molecule has 2 rings (SSSR count). The fraction of sp³-hybridized carbons (Fsp3) is 0.267. The van der Waals surface area contributed by atoms with Crippen LogP contribution in [-0.4, -0.2) is 4.98 Å². The first-order chi connectivity index (χ1) is 9.10. The van der Waals surface area contributed by atoms with Crippen molar-refractivity contribution in [2.45, 2.75) is 27.0 Å². The summed E-state index contributed by atoms with van der Waals surface area (Å²) in [6.45, 7) is 4.45. The average molecular weight is 260 g/mol. The van der Waals surface area contributed by atoms with E-state index >= 15 is 0 Å². The van der Waals surface area contributed by atoms with Crippen molar-refractivity contribution in [3.8, 4) is 5.75 Å². The average Bonchev–Trinajstić information content (AvgIpc) is 2.40. The zero-order valence-corrected chi connectivity index (χ0v) is 11.1. The summed E-state index contributed by atoms with van der Waals surface area (Å²) in [5.74, 6) is 0.391. The van der Waals surface area contributed by atoms with Gasteiger partial charge >= 0.3 is 0 Å². The minimum atomic E-state index is -0.259. The van der Waals surface area contributed by atoms with Crippen LogP contribution in [0.3, 0.4) is 0 Å². The van der Waals surface area contributed by atoms with Crippen molar-refractivity contribution in [3.05, 3.63) is 58.7 Å². The minimum Gasteiger partial charge on any atom is -0.487 e. The Labute approximate surface area is 112 Å². The van der Waals surface area contributed by atoms with Gasteiger partial charge in [-0.2, -0.15) is 0 Å². The summed E-state index contributed by atoms with van der Waals surface area (Å²) in [6.07, 6.45) is 0. The summed E-state index contributed by atoms with van der Waals surface area (Å²) in [7, 11) is 0. The molecule has 0 saturated heterocycles. The normalized spacial score (nSPS) is 10.5. The van der Waals surface area contributed by atoms with E-state index in [4.69, 9.17) is 10.5 Å². The lowest BCUT2D eigenvalue weighted by Crippen LogP contribution is -2.06. The van der Waals surface area contributed by atoms with Gasteiger partial charge in [-0.05, 0) is 49.2 Å². The van der Waals surface area contributed by atoms with Crippen molar-refractivity contribution in [3.63, 3.8) is 0 Å². The second-order valence-corrected chi connectivity index (χ2v) is 4.46. The largest absolute Gasteiger partial charge is 0.487 e. The second kappa shape index (κ2) is 5.80. The van der Waals surface area contributed by atoms with Gasteiger partial charge in [-0.1, -0.05) is 6.07 Å². The fourth-order valence-corrected chi connectivity index (χ4v) is 1.83. The van der Waals surface area contributed by atoms with Crippen molar-refractivity contribution in [1.82, 2.24) is 4.98 Å². The molecule has 0 fully saturated rings. The highest BCUT2D eigenvalue weighted by atomic mass is 19.1. The summed E-state index contributed by atoms with van der Waals surface area (Å²) in [4.78, 5) is 4.32. The van der Waals surface area contributed by atoms with Gasteiger partial charge in [0, 0.05) is 12.2 Å². The Morgan fingerprint density at radius 3 is 2.74 bits per heavy atom. The molecule has 2 aromatic rings. The smallest absolute Gasteiger partial charge is 0.142 e. The molecule has 0 aliphatic carbocycles. The first-order valence-electron chi connectivity index (χ1n) is 6.14. The number of nitrogens with zero attached hydrogens (tertiary/aromatic N) is 1. The van der Waals surface area contributed by atoms with Crippen LogP contribution in [0.5, 0.6) is 5.75 Å². The van der Waals surface area contributed by atoms with E-state index in [0.29, 0.717) is 24.6 Å². The Kier molecular flexibility index (Phi) is 4.12. The summed E-state index contributed by atoms with van der Waals surface area (Å²) >= 11 is 0. The first-order valence-corrected chi connectivity index (χ1v) is 6.14. The van der Waals surface area contributed by atoms with Gasteiger partial charge in [-0.15, -0.1) is 0 Å². The lowest BCUT2D eigenvalue weighted by molar-refractivity contribution is 0.299. The molecule has 0 bridgehead atoms. The van der Waals surface area contributed by atoms with E-state index in [-0.39, 0.29) is 5.82 Å². The highest BCUT2D eigenvalue weighted by molar-refractivity contribution is 5.31. The van der Waals surface area contributed by atoms with Gasteiger partial charge in [0.25, 0.3) is 0 Å². The number of benzene rings is 1. The van der Waals surface area contributed by atoms with Crippen LogP contribution in [0.2, 0.25) is 0 Å². The molecular weight excluding hydrogens is 243 g/mol. The number of rotatable bonds is 4. The molecule has 0 radical (unpaired) electrons. The Morgan fingerprint density at radius 1 is 1.21 bits per heavy atom. The Balaban J connectivity index is 2.16. The quantitative estimate of drug-likeness (QED) is 0.919. The van der Waals surface area contributed by atoms with Crippen LogP contribution in [-0.2, 0) is 13.2 Å². The van der Waals surface area contributed by atoms with Crippen molar-refractivity contribution in [2.24, 2.45) is 5.73 Å². The van der Waals surface area contributed by atoms with Crippen LogP contribution in [0, 0.1) is 19.7 Å². The Hall–Kier alpha value is -1.94. The summed E-state index contributed by atoms with van der Waals surface area (Å²) in [6, 6.07) is 8.38. The SMILES string of the molecule is Cc1ccc(OCc2cc(F)ccc2C)c(CN)n1. The molecule has 0 amide bonds. The minimum absolute atomic E-state index is 0.259. The predicted molar refractivity (Wildman–Crippen MR) is 72.3 cm³/mol. The number of halogens is 1. The van der Waals surface area contributed by atoms with Crippen molar-refractivity contribution in [1.29, 1.82) is 0 Å². The number of nitrogens with two attached hydrogens (primary N) is 1. The monoisotopic (exact) mass is 260 g/mol. The highest BCUT2D eigenvalue weighted by Crippen LogP contribution is 2.19. The van der Waals surface area contributed by atoms with Gasteiger partial charge in [0.1, 0.15) is 18.2 Å². The molecule has 19 heavy (non-hydrogen) atoms. The van der Waals surface area contributed by atoms with Crippen LogP contribution in [0.4, 0.5) is 4.39 Å². The fourth-order valence-electron chi connectivity index (χ4n) is 1.83. The Morgan fingerprint density at radius 2 is 2.00 bits per heavy atom. The van der Waals surface area contributed by atoms with E-state index < -0.39 is 0 Å². The maximum absolute atomic E-state index is 13.2. The van der Waals surface area contributed by atoms with E-state index in [2.05, 4.69) is 4.98 Å². The van der Waals surface area contributed by atoms with Crippen molar-refractivity contribution in [2.75, 3.05) is 0 Å². The number of aromatic nitrogens is 1. The molecule has 0 saturated carbocycles. The third-order valence-corrected chi connectivity index (χ3v) is 2.96. The van der Waals surface area contributed by atoms with Crippen LogP contribution in [0.1, 0.15) is 22.5 Å². The van der Waals surface area contributed by atoms with Crippen LogP contribution < -0.4 is 10.5 Å². The molecule has 4 heteroatoms. The van der Waals surface area contributed by atoms with Crippen molar-refractivity contribution >= 4 is 0 Å². The third-order valence-electron chi connectivity index (χ3n) is 2.96. The number of ether oxygens (including phenoxy) is 1. The van der Waals surface area contributed by atoms with E-state index in [9.17, 15) is 4.39 Å². The molecule has 1 aromatic heterocycles. The highest BCUT2D eigenvalue weighted by Gasteiger charge is 2.06. The summed E-state index contributed by atoms with van der Waals surface area (Å²) in [5, 5.41) is 0. The first kappa shape index (κ1) is 13.5. The molecule has 100 valence electrons. The molecule has 0 aliphatic rings. The van der Waals surface area contributed by atoms with Gasteiger partial charge < -0.3 is 10.5 Å². The summed E-state index contributed by atoms with van der Waals surface area (Å²) in [5.41, 5.74) is 9.07. The standard InChI is InChI=1S/C15H17FN2O/c1-10-3-5-13(16)7-12(10)9-19-15-6-4-11(2)18-14(15)8-17/h3-7H,8-9,17H2,1-2H3. The maximum atomic E-state index is 13.2. The zero-order valence-electron chi connectivity index (χ0n) is 11.1. The summed E-state index contributed by atoms with van der Waals surface area (Å²) < 4.78 is 18.9. The number of pyridine rings is 1. The molecule has 0 unspecified atom stereocenters. The maximum Gasteiger partial charge on any atom is 0.142 e. The van der Waals surface area contributed by atoms with E-state index in [1.165, 1.54) is 12.1 Å². The van der Waals surface area contributed by atoms with E-state index in [0.717, 1.165) is 16.8 Å². The second-order valence-electron chi connectivity index (χ2n) is 4.46. The van der Waals surface area contributed by atoms with Crippen LogP contribution in [0.25, 0.3) is 0 Å². The predicted octanol–water partition coefficient (Wildman–Crippen LogP) is 2.88. The molecule has 0 atom stereocenters. The van der Waals surface area contributed by atoms with Crippen LogP contribution >= 0.6 is 0 Å². The zero-order chi connectivity index (χ0) is 13.8. The van der Waals surface area contributed by atoms with Gasteiger partial charge in [0.15, 0.2) is 0 Å². The lowest BCUT2D eigenvalue weighted by atomic mass is 10.1. The van der Waals surface area contributed by atoms with Gasteiger partial charge in [-0.25, -0.2) is 4.39 Å². The molecule has 1 aromatic carbocycles. The number of aryl methyl sites for hydroxylation is 2. The molecular formula is C15H17FN2O. The molecule has 0 aliphatic heterocycles. The van der Waals surface area contributed by atoms with Gasteiger partial charge in [-0.3, -0.25) is 4.98 Å². The van der Waals surface area contributed by atoms with E-state index in [1.807, 2.05) is 26.0 Å². The molecule has 3 nitrogen and oxygen atoms in total. The molecule has 0 spiro atoms. The number of hydrogen-bond acceptors (Lipinski definition) is 3. The lowest BCUT2D eigenvalue weighted by Gasteiger charge is -2.12. The third kappa shape index (κ3) is 3.29.